The number of benzene rings is 1. The number of amidine groups is 1. The molecule has 0 aliphatic carbocycles. The minimum absolute atomic E-state index is 0.00112. The van der Waals surface area contributed by atoms with Crippen LogP contribution in [0.5, 0.6) is 0 Å². The predicted molar refractivity (Wildman–Crippen MR) is 76.7 cm³/mol. The van der Waals surface area contributed by atoms with Crippen molar-refractivity contribution in [3.8, 4) is 0 Å². The minimum atomic E-state index is -3.03. The lowest BCUT2D eigenvalue weighted by molar-refractivity contribution is 0.318. The Labute approximate surface area is 113 Å². The number of rotatable bonds is 5. The highest BCUT2D eigenvalue weighted by atomic mass is 32.2. The first-order valence-corrected chi connectivity index (χ1v) is 7.78. The fourth-order valence-corrected chi connectivity index (χ4v) is 2.26. The Hall–Kier alpha value is -1.76. The Bertz CT molecular complexity index is 582. The molecule has 0 atom stereocenters. The van der Waals surface area contributed by atoms with Crippen LogP contribution in [0.15, 0.2) is 23.4 Å². The normalized spacial score (nSPS) is 12.5. The van der Waals surface area contributed by atoms with Gasteiger partial charge in [-0.2, -0.15) is 0 Å². The van der Waals surface area contributed by atoms with Crippen LogP contribution in [-0.4, -0.2) is 45.1 Å². The van der Waals surface area contributed by atoms with Crippen LogP contribution in [0.2, 0.25) is 0 Å². The highest BCUT2D eigenvalue weighted by molar-refractivity contribution is 7.90. The largest absolute Gasteiger partial charge is 0.409 e. The maximum absolute atomic E-state index is 11.2. The Balaban J connectivity index is 3.07. The molecule has 0 heterocycles. The van der Waals surface area contributed by atoms with Gasteiger partial charge in [-0.25, -0.2) is 8.42 Å². The van der Waals surface area contributed by atoms with Crippen LogP contribution in [0.1, 0.15) is 11.1 Å². The van der Waals surface area contributed by atoms with E-state index in [9.17, 15) is 8.42 Å². The molecule has 1 aromatic rings. The fourth-order valence-electron chi connectivity index (χ4n) is 1.65. The van der Waals surface area contributed by atoms with Crippen molar-refractivity contribution >= 4 is 21.4 Å². The fraction of sp³-hybridized carbons (Fsp3) is 0.417. The average Bonchev–Trinajstić information content (AvgIpc) is 2.34. The van der Waals surface area contributed by atoms with Crippen LogP contribution < -0.4 is 10.6 Å². The smallest absolute Gasteiger partial charge is 0.172 e. The number of aryl methyl sites for hydroxylation is 1. The third kappa shape index (κ3) is 4.44. The predicted octanol–water partition coefficient (Wildman–Crippen LogP) is 0.570. The molecule has 0 radical (unpaired) electrons. The quantitative estimate of drug-likeness (QED) is 0.357. The molecule has 6 nitrogen and oxygen atoms in total. The van der Waals surface area contributed by atoms with Gasteiger partial charge in [0.25, 0.3) is 0 Å². The van der Waals surface area contributed by atoms with E-state index < -0.39 is 9.84 Å². The van der Waals surface area contributed by atoms with E-state index in [0.29, 0.717) is 12.1 Å². The van der Waals surface area contributed by atoms with Crippen molar-refractivity contribution in [1.82, 2.24) is 0 Å². The van der Waals surface area contributed by atoms with E-state index in [0.717, 1.165) is 11.3 Å². The van der Waals surface area contributed by atoms with Gasteiger partial charge in [-0.05, 0) is 24.6 Å². The number of hydrogen-bond acceptors (Lipinski definition) is 5. The van der Waals surface area contributed by atoms with Crippen molar-refractivity contribution in [3.63, 3.8) is 0 Å². The highest BCUT2D eigenvalue weighted by Gasteiger charge is 2.13. The first kappa shape index (κ1) is 15.3. The van der Waals surface area contributed by atoms with Gasteiger partial charge in [-0.1, -0.05) is 11.2 Å². The molecule has 0 spiro atoms. The summed E-state index contributed by atoms with van der Waals surface area (Å²) in [5.74, 6) is 0.0498. The monoisotopic (exact) mass is 285 g/mol. The molecule has 1 aromatic carbocycles. The zero-order chi connectivity index (χ0) is 14.6. The molecule has 0 saturated heterocycles. The van der Waals surface area contributed by atoms with Gasteiger partial charge in [0.2, 0.25) is 0 Å². The molecule has 0 amide bonds. The standard InChI is InChI=1S/C12H19N3O3S/c1-9-4-5-10(12(13)14-16)11(8-9)15(2)6-7-19(3,17)18/h4-5,8,16H,6-7H2,1-3H3,(H2,13,14). The van der Waals surface area contributed by atoms with Crippen LogP contribution in [0, 0.1) is 6.92 Å². The molecule has 1 rings (SSSR count). The highest BCUT2D eigenvalue weighted by Crippen LogP contribution is 2.21. The van der Waals surface area contributed by atoms with Gasteiger partial charge in [-0.15, -0.1) is 0 Å². The topological polar surface area (TPSA) is 96.0 Å². The average molecular weight is 285 g/mol. The van der Waals surface area contributed by atoms with E-state index in [4.69, 9.17) is 10.9 Å². The third-order valence-corrected chi connectivity index (χ3v) is 3.67. The lowest BCUT2D eigenvalue weighted by Gasteiger charge is -2.22. The summed E-state index contributed by atoms with van der Waals surface area (Å²) in [4.78, 5) is 1.78. The molecular formula is C12H19N3O3S. The molecule has 0 unspecified atom stereocenters. The summed E-state index contributed by atoms with van der Waals surface area (Å²) in [6.07, 6.45) is 1.20. The molecule has 7 heteroatoms. The summed E-state index contributed by atoms with van der Waals surface area (Å²) < 4.78 is 22.4. The number of anilines is 1. The minimum Gasteiger partial charge on any atom is -0.409 e. The number of sulfone groups is 1. The summed E-state index contributed by atoms with van der Waals surface area (Å²) in [5.41, 5.74) is 7.94. The van der Waals surface area contributed by atoms with Gasteiger partial charge in [0.1, 0.15) is 9.84 Å². The summed E-state index contributed by atoms with van der Waals surface area (Å²) >= 11 is 0. The first-order chi connectivity index (χ1) is 8.74. The van der Waals surface area contributed by atoms with E-state index in [1.165, 1.54) is 6.26 Å². The van der Waals surface area contributed by atoms with Crippen molar-refractivity contribution in [2.75, 3.05) is 30.5 Å². The van der Waals surface area contributed by atoms with Crippen molar-refractivity contribution in [2.24, 2.45) is 10.9 Å². The van der Waals surface area contributed by atoms with Crippen LogP contribution in [0.4, 0.5) is 5.69 Å². The van der Waals surface area contributed by atoms with Gasteiger partial charge < -0.3 is 15.8 Å². The van der Waals surface area contributed by atoms with Gasteiger partial charge in [0.15, 0.2) is 5.84 Å². The first-order valence-electron chi connectivity index (χ1n) is 5.72. The number of hydrogen-bond donors (Lipinski definition) is 2. The lowest BCUT2D eigenvalue weighted by Crippen LogP contribution is -2.27. The maximum atomic E-state index is 11.2. The molecule has 0 fully saturated rings. The Morgan fingerprint density at radius 1 is 1.47 bits per heavy atom. The van der Waals surface area contributed by atoms with Crippen molar-refractivity contribution < 1.29 is 13.6 Å². The van der Waals surface area contributed by atoms with E-state index in [1.54, 1.807) is 18.0 Å². The van der Waals surface area contributed by atoms with E-state index in [-0.39, 0.29) is 11.6 Å². The van der Waals surface area contributed by atoms with E-state index in [2.05, 4.69) is 5.16 Å². The van der Waals surface area contributed by atoms with Gasteiger partial charge in [0.05, 0.1) is 5.75 Å². The summed E-state index contributed by atoms with van der Waals surface area (Å²) in [6.45, 7) is 2.26. The van der Waals surface area contributed by atoms with Crippen molar-refractivity contribution in [2.45, 2.75) is 6.92 Å². The van der Waals surface area contributed by atoms with Gasteiger partial charge in [0, 0.05) is 31.1 Å². The third-order valence-electron chi connectivity index (χ3n) is 2.75. The molecule has 106 valence electrons. The second-order valence-electron chi connectivity index (χ2n) is 4.56. The van der Waals surface area contributed by atoms with Crippen LogP contribution in [-0.2, 0) is 9.84 Å². The van der Waals surface area contributed by atoms with E-state index in [1.807, 2.05) is 19.1 Å². The summed E-state index contributed by atoms with van der Waals surface area (Å²) in [7, 11) is -1.26. The molecule has 0 aliphatic heterocycles. The molecule has 0 aromatic heterocycles. The molecule has 19 heavy (non-hydrogen) atoms. The Kier molecular flexibility index (Phi) is 4.77. The Morgan fingerprint density at radius 3 is 2.63 bits per heavy atom. The SMILES string of the molecule is Cc1ccc(C(N)=NO)c(N(C)CCS(C)(=O)=O)c1. The van der Waals surface area contributed by atoms with Crippen LogP contribution >= 0.6 is 0 Å². The summed E-state index contributed by atoms with van der Waals surface area (Å²) in [5, 5.41) is 11.8. The molecule has 0 aliphatic rings. The molecular weight excluding hydrogens is 266 g/mol. The second-order valence-corrected chi connectivity index (χ2v) is 6.82. The zero-order valence-electron chi connectivity index (χ0n) is 11.3. The van der Waals surface area contributed by atoms with Crippen molar-refractivity contribution in [1.29, 1.82) is 0 Å². The van der Waals surface area contributed by atoms with Gasteiger partial charge in [-0.3, -0.25) is 0 Å². The van der Waals surface area contributed by atoms with Gasteiger partial charge >= 0.3 is 0 Å². The Morgan fingerprint density at radius 2 is 2.11 bits per heavy atom. The number of oxime groups is 1. The van der Waals surface area contributed by atoms with Crippen LogP contribution in [0.3, 0.4) is 0 Å². The lowest BCUT2D eigenvalue weighted by atomic mass is 10.1. The molecule has 3 N–H and O–H groups in total. The van der Waals surface area contributed by atoms with E-state index >= 15 is 0 Å². The molecule has 0 bridgehead atoms. The number of nitrogens with zero attached hydrogens (tertiary/aromatic N) is 2. The maximum Gasteiger partial charge on any atom is 0.172 e. The summed E-state index contributed by atoms with van der Waals surface area (Å²) in [6, 6.07) is 5.47. The van der Waals surface area contributed by atoms with Crippen LogP contribution in [0.25, 0.3) is 0 Å². The second kappa shape index (κ2) is 5.92. The molecule has 0 saturated carbocycles. The number of nitrogens with two attached hydrogens (primary N) is 1. The zero-order valence-corrected chi connectivity index (χ0v) is 12.1. The van der Waals surface area contributed by atoms with Crippen molar-refractivity contribution in [3.05, 3.63) is 29.3 Å².